The van der Waals surface area contributed by atoms with Gasteiger partial charge in [-0.3, -0.25) is 0 Å². The van der Waals surface area contributed by atoms with Crippen LogP contribution < -0.4 is 10.5 Å². The molecule has 0 amide bonds. The van der Waals surface area contributed by atoms with Crippen LogP contribution >= 0.6 is 11.3 Å². The molecule has 1 aromatic heterocycles. The molecule has 1 unspecified atom stereocenters. The minimum absolute atomic E-state index is 0.362. The molecule has 2 rings (SSSR count). The summed E-state index contributed by atoms with van der Waals surface area (Å²) in [6, 6.07) is 1.65. The summed E-state index contributed by atoms with van der Waals surface area (Å²) < 4.78 is 27.0. The van der Waals surface area contributed by atoms with Gasteiger partial charge in [0, 0.05) is 13.1 Å². The van der Waals surface area contributed by atoms with E-state index in [-0.39, 0.29) is 0 Å². The van der Waals surface area contributed by atoms with Crippen LogP contribution in [-0.4, -0.2) is 15.0 Å². The van der Waals surface area contributed by atoms with Gasteiger partial charge in [-0.1, -0.05) is 6.92 Å². The molecule has 4 nitrogen and oxygen atoms in total. The number of sulfonamides is 1. The SMILES string of the molecule is CC(CNS(=O)(=O)c1cc(CN)cs1)C1CC1. The van der Waals surface area contributed by atoms with E-state index in [4.69, 9.17) is 5.73 Å². The predicted molar refractivity (Wildman–Crippen MR) is 69.3 cm³/mol. The lowest BCUT2D eigenvalue weighted by atomic mass is 10.1. The van der Waals surface area contributed by atoms with E-state index in [2.05, 4.69) is 11.6 Å². The van der Waals surface area contributed by atoms with Gasteiger partial charge in [-0.25, -0.2) is 13.1 Å². The lowest BCUT2D eigenvalue weighted by Gasteiger charge is -2.10. The van der Waals surface area contributed by atoms with Gasteiger partial charge in [-0.05, 0) is 41.7 Å². The summed E-state index contributed by atoms with van der Waals surface area (Å²) in [6.07, 6.45) is 2.47. The highest BCUT2D eigenvalue weighted by atomic mass is 32.2. The van der Waals surface area contributed by atoms with E-state index in [1.54, 1.807) is 11.4 Å². The van der Waals surface area contributed by atoms with Crippen LogP contribution in [0.25, 0.3) is 0 Å². The van der Waals surface area contributed by atoms with Crippen LogP contribution in [0.4, 0.5) is 0 Å². The molecule has 3 N–H and O–H groups in total. The van der Waals surface area contributed by atoms with E-state index in [1.165, 1.54) is 24.2 Å². The maximum absolute atomic E-state index is 12.0. The van der Waals surface area contributed by atoms with Crippen molar-refractivity contribution in [3.63, 3.8) is 0 Å². The molecule has 1 heterocycles. The molecule has 1 atom stereocenters. The zero-order valence-corrected chi connectivity index (χ0v) is 11.5. The van der Waals surface area contributed by atoms with E-state index in [0.717, 1.165) is 5.56 Å². The average Bonchev–Trinajstić information content (AvgIpc) is 3.03. The first-order chi connectivity index (χ1) is 8.03. The molecule has 0 radical (unpaired) electrons. The predicted octanol–water partition coefficient (Wildman–Crippen LogP) is 1.53. The molecule has 1 fully saturated rings. The number of rotatable bonds is 6. The molecule has 6 heteroatoms. The third kappa shape index (κ3) is 3.28. The summed E-state index contributed by atoms with van der Waals surface area (Å²) in [5.74, 6) is 1.14. The molecule has 1 saturated carbocycles. The maximum atomic E-state index is 12.0. The quantitative estimate of drug-likeness (QED) is 0.826. The Balaban J connectivity index is 1.97. The van der Waals surface area contributed by atoms with Crippen molar-refractivity contribution in [1.29, 1.82) is 0 Å². The molecular weight excluding hydrogens is 256 g/mol. The van der Waals surface area contributed by atoms with E-state index in [0.29, 0.717) is 29.1 Å². The first-order valence-electron chi connectivity index (χ1n) is 5.80. The largest absolute Gasteiger partial charge is 0.326 e. The highest BCUT2D eigenvalue weighted by Gasteiger charge is 2.29. The van der Waals surface area contributed by atoms with Gasteiger partial charge in [0.2, 0.25) is 10.0 Å². The molecule has 1 aliphatic carbocycles. The minimum atomic E-state index is -3.34. The number of nitrogens with two attached hydrogens (primary N) is 1. The van der Waals surface area contributed by atoms with Crippen LogP contribution in [0.2, 0.25) is 0 Å². The number of hydrogen-bond donors (Lipinski definition) is 2. The Morgan fingerprint density at radius 2 is 2.29 bits per heavy atom. The Bertz CT molecular complexity index is 477. The standard InChI is InChI=1S/C11H18N2O2S2/c1-8(10-2-3-10)6-13-17(14,15)11-4-9(5-12)7-16-11/h4,7-8,10,13H,2-3,5-6,12H2,1H3. The monoisotopic (exact) mass is 274 g/mol. The van der Waals surface area contributed by atoms with Crippen LogP contribution in [0.15, 0.2) is 15.7 Å². The first-order valence-corrected chi connectivity index (χ1v) is 8.16. The third-order valence-electron chi connectivity index (χ3n) is 3.15. The second kappa shape index (κ2) is 5.06. The van der Waals surface area contributed by atoms with E-state index in [1.807, 2.05) is 0 Å². The van der Waals surface area contributed by atoms with E-state index >= 15 is 0 Å². The summed E-state index contributed by atoms with van der Waals surface area (Å²) in [7, 11) is -3.34. The molecule has 96 valence electrons. The van der Waals surface area contributed by atoms with Crippen LogP contribution in [0.3, 0.4) is 0 Å². The van der Waals surface area contributed by atoms with Gasteiger partial charge in [-0.15, -0.1) is 11.3 Å². The van der Waals surface area contributed by atoms with Crippen molar-refractivity contribution in [2.24, 2.45) is 17.6 Å². The summed E-state index contributed by atoms with van der Waals surface area (Å²) >= 11 is 1.23. The van der Waals surface area contributed by atoms with Crippen molar-refractivity contribution in [1.82, 2.24) is 4.72 Å². The zero-order valence-electron chi connectivity index (χ0n) is 9.85. The van der Waals surface area contributed by atoms with Gasteiger partial charge >= 0.3 is 0 Å². The Morgan fingerprint density at radius 3 is 2.82 bits per heavy atom. The van der Waals surface area contributed by atoms with Gasteiger partial charge in [-0.2, -0.15) is 0 Å². The zero-order chi connectivity index (χ0) is 12.5. The van der Waals surface area contributed by atoms with Crippen LogP contribution in [0, 0.1) is 11.8 Å². The van der Waals surface area contributed by atoms with Gasteiger partial charge in [0.05, 0.1) is 0 Å². The number of thiophene rings is 1. The molecular formula is C11H18N2O2S2. The maximum Gasteiger partial charge on any atom is 0.250 e. The van der Waals surface area contributed by atoms with Gasteiger partial charge < -0.3 is 5.73 Å². The van der Waals surface area contributed by atoms with Crippen molar-refractivity contribution >= 4 is 21.4 Å². The number of nitrogens with one attached hydrogen (secondary N) is 1. The van der Waals surface area contributed by atoms with Gasteiger partial charge in [0.1, 0.15) is 4.21 Å². The third-order valence-corrected chi connectivity index (χ3v) is 6.06. The Labute approximate surface area is 106 Å². The van der Waals surface area contributed by atoms with Crippen molar-refractivity contribution in [2.45, 2.75) is 30.5 Å². The number of hydrogen-bond acceptors (Lipinski definition) is 4. The van der Waals surface area contributed by atoms with Crippen molar-refractivity contribution in [3.8, 4) is 0 Å². The fourth-order valence-electron chi connectivity index (χ4n) is 1.75. The lowest BCUT2D eigenvalue weighted by molar-refractivity contribution is 0.492. The average molecular weight is 274 g/mol. The highest BCUT2D eigenvalue weighted by molar-refractivity contribution is 7.91. The summed E-state index contributed by atoms with van der Waals surface area (Å²) in [4.78, 5) is 0. The second-order valence-corrected chi connectivity index (χ2v) is 7.55. The van der Waals surface area contributed by atoms with Crippen LogP contribution in [0.1, 0.15) is 25.3 Å². The molecule has 1 aromatic rings. The molecule has 1 aliphatic rings. The molecule has 17 heavy (non-hydrogen) atoms. The van der Waals surface area contributed by atoms with E-state index < -0.39 is 10.0 Å². The topological polar surface area (TPSA) is 72.2 Å². The Kier molecular flexibility index (Phi) is 3.87. The van der Waals surface area contributed by atoms with Crippen molar-refractivity contribution < 1.29 is 8.42 Å². The molecule has 0 bridgehead atoms. The smallest absolute Gasteiger partial charge is 0.250 e. The summed E-state index contributed by atoms with van der Waals surface area (Å²) in [6.45, 7) is 3.01. The molecule has 0 aliphatic heterocycles. The Morgan fingerprint density at radius 1 is 1.59 bits per heavy atom. The fourth-order valence-corrected chi connectivity index (χ4v) is 4.16. The van der Waals surface area contributed by atoms with Crippen LogP contribution in [0.5, 0.6) is 0 Å². The molecule has 0 saturated heterocycles. The van der Waals surface area contributed by atoms with Crippen LogP contribution in [-0.2, 0) is 16.6 Å². The van der Waals surface area contributed by atoms with Crippen molar-refractivity contribution in [3.05, 3.63) is 17.0 Å². The van der Waals surface area contributed by atoms with Crippen molar-refractivity contribution in [2.75, 3.05) is 6.54 Å². The second-order valence-electron chi connectivity index (χ2n) is 4.64. The lowest BCUT2D eigenvalue weighted by Crippen LogP contribution is -2.28. The first kappa shape index (κ1) is 13.0. The van der Waals surface area contributed by atoms with Gasteiger partial charge in [0.15, 0.2) is 0 Å². The summed E-state index contributed by atoms with van der Waals surface area (Å²) in [5.41, 5.74) is 6.33. The minimum Gasteiger partial charge on any atom is -0.326 e. The van der Waals surface area contributed by atoms with E-state index in [9.17, 15) is 8.42 Å². The highest BCUT2D eigenvalue weighted by Crippen LogP contribution is 2.36. The molecule has 0 aromatic carbocycles. The normalized spacial score (nSPS) is 18.2. The fraction of sp³-hybridized carbons (Fsp3) is 0.636. The van der Waals surface area contributed by atoms with Gasteiger partial charge in [0.25, 0.3) is 0 Å². The summed E-state index contributed by atoms with van der Waals surface area (Å²) in [5, 5.41) is 1.79. The molecule has 0 spiro atoms. The Hall–Kier alpha value is -0.430.